The van der Waals surface area contributed by atoms with E-state index in [9.17, 15) is 4.79 Å². The summed E-state index contributed by atoms with van der Waals surface area (Å²) in [5.41, 5.74) is 2.57. The number of halogens is 1. The molecule has 31 heavy (non-hydrogen) atoms. The van der Waals surface area contributed by atoms with Gasteiger partial charge in [0.1, 0.15) is 18.1 Å². The Hall–Kier alpha value is -3.22. The zero-order valence-electron chi connectivity index (χ0n) is 16.7. The van der Waals surface area contributed by atoms with Crippen LogP contribution < -0.4 is 14.8 Å². The quantitative estimate of drug-likeness (QED) is 0.481. The minimum atomic E-state index is -0.170. The zero-order valence-corrected chi connectivity index (χ0v) is 18.2. The van der Waals surface area contributed by atoms with Crippen molar-refractivity contribution in [2.24, 2.45) is 4.99 Å². The largest absolute Gasteiger partial charge is 0.497 e. The van der Waals surface area contributed by atoms with Gasteiger partial charge >= 0.3 is 0 Å². The smallest absolute Gasteiger partial charge is 0.264 e. The molecule has 3 aromatic carbocycles. The van der Waals surface area contributed by atoms with Crippen molar-refractivity contribution >= 4 is 46.2 Å². The third-order valence-electron chi connectivity index (χ3n) is 4.48. The normalized spacial score (nSPS) is 15.9. The van der Waals surface area contributed by atoms with Crippen LogP contribution in [0.1, 0.15) is 11.1 Å². The Balaban J connectivity index is 1.40. The SMILES string of the molecule is COc1ccc(N=C2NC(=O)C(=Cc3ccc(OCc4ccccc4Cl)cc3)S2)cc1. The number of thioether (sulfide) groups is 1. The van der Waals surface area contributed by atoms with E-state index >= 15 is 0 Å². The van der Waals surface area contributed by atoms with E-state index in [0.29, 0.717) is 21.7 Å². The van der Waals surface area contributed by atoms with Crippen molar-refractivity contribution in [2.75, 3.05) is 7.11 Å². The number of carbonyl (C=O) groups is 1. The molecule has 0 radical (unpaired) electrons. The van der Waals surface area contributed by atoms with Crippen LogP contribution in [-0.2, 0) is 11.4 Å². The van der Waals surface area contributed by atoms with Crippen LogP contribution >= 0.6 is 23.4 Å². The second-order valence-corrected chi connectivity index (χ2v) is 8.07. The lowest BCUT2D eigenvalue weighted by molar-refractivity contribution is -0.115. The van der Waals surface area contributed by atoms with Gasteiger partial charge < -0.3 is 14.8 Å². The topological polar surface area (TPSA) is 59.9 Å². The monoisotopic (exact) mass is 450 g/mol. The second-order valence-electron chi connectivity index (χ2n) is 6.63. The summed E-state index contributed by atoms with van der Waals surface area (Å²) in [6.07, 6.45) is 1.83. The van der Waals surface area contributed by atoms with Crippen LogP contribution in [0.2, 0.25) is 5.02 Å². The number of hydrogen-bond acceptors (Lipinski definition) is 5. The number of rotatable bonds is 6. The van der Waals surface area contributed by atoms with Gasteiger partial charge in [-0.2, -0.15) is 0 Å². The molecule has 1 N–H and O–H groups in total. The number of nitrogens with one attached hydrogen (secondary N) is 1. The number of aliphatic imine (C=N–C) groups is 1. The molecule has 156 valence electrons. The van der Waals surface area contributed by atoms with Crippen LogP contribution in [0.15, 0.2) is 82.7 Å². The number of methoxy groups -OCH3 is 1. The molecule has 1 fully saturated rings. The van der Waals surface area contributed by atoms with Gasteiger partial charge in [0.2, 0.25) is 0 Å². The lowest BCUT2D eigenvalue weighted by Gasteiger charge is -2.08. The maximum absolute atomic E-state index is 12.3. The van der Waals surface area contributed by atoms with E-state index in [1.54, 1.807) is 7.11 Å². The van der Waals surface area contributed by atoms with Crippen LogP contribution in [0.5, 0.6) is 11.5 Å². The summed E-state index contributed by atoms with van der Waals surface area (Å²) in [6.45, 7) is 0.392. The summed E-state index contributed by atoms with van der Waals surface area (Å²) in [7, 11) is 1.61. The average Bonchev–Trinajstić information content (AvgIpc) is 3.13. The van der Waals surface area contributed by atoms with Crippen LogP contribution in [0.4, 0.5) is 5.69 Å². The lowest BCUT2D eigenvalue weighted by Crippen LogP contribution is -2.19. The Kier molecular flexibility index (Phi) is 6.60. The number of carbonyl (C=O) groups excluding carboxylic acids is 1. The van der Waals surface area contributed by atoms with Gasteiger partial charge in [-0.05, 0) is 65.9 Å². The summed E-state index contributed by atoms with van der Waals surface area (Å²) < 4.78 is 10.9. The molecule has 0 bridgehead atoms. The molecule has 4 rings (SSSR count). The first-order chi connectivity index (χ1) is 15.1. The molecule has 0 unspecified atom stereocenters. The van der Waals surface area contributed by atoms with Gasteiger partial charge in [0.05, 0.1) is 17.7 Å². The minimum absolute atomic E-state index is 0.170. The fraction of sp³-hybridized carbons (Fsp3) is 0.0833. The van der Waals surface area contributed by atoms with Crippen molar-refractivity contribution in [1.29, 1.82) is 0 Å². The minimum Gasteiger partial charge on any atom is -0.497 e. The first-order valence-corrected chi connectivity index (χ1v) is 10.7. The number of hydrogen-bond donors (Lipinski definition) is 1. The van der Waals surface area contributed by atoms with E-state index in [4.69, 9.17) is 21.1 Å². The van der Waals surface area contributed by atoms with Crippen molar-refractivity contribution in [1.82, 2.24) is 5.32 Å². The first-order valence-electron chi connectivity index (χ1n) is 9.50. The van der Waals surface area contributed by atoms with Crippen molar-refractivity contribution < 1.29 is 14.3 Å². The molecule has 1 amide bonds. The summed E-state index contributed by atoms with van der Waals surface area (Å²) >= 11 is 7.46. The summed E-state index contributed by atoms with van der Waals surface area (Å²) in [5, 5.41) is 4.02. The highest BCUT2D eigenvalue weighted by molar-refractivity contribution is 8.18. The number of ether oxygens (including phenoxy) is 2. The third-order valence-corrected chi connectivity index (χ3v) is 5.76. The predicted molar refractivity (Wildman–Crippen MR) is 126 cm³/mol. The molecule has 0 spiro atoms. The van der Waals surface area contributed by atoms with Crippen molar-refractivity contribution in [3.8, 4) is 11.5 Å². The zero-order chi connectivity index (χ0) is 21.6. The first kappa shape index (κ1) is 21.0. The van der Waals surface area contributed by atoms with Gasteiger partial charge in [-0.25, -0.2) is 4.99 Å². The van der Waals surface area contributed by atoms with Gasteiger partial charge in [0.25, 0.3) is 5.91 Å². The van der Waals surface area contributed by atoms with Crippen LogP contribution in [0.25, 0.3) is 6.08 Å². The highest BCUT2D eigenvalue weighted by atomic mass is 35.5. The third kappa shape index (κ3) is 5.48. The molecule has 1 heterocycles. The Labute approximate surface area is 189 Å². The molecule has 5 nitrogen and oxygen atoms in total. The number of amides is 1. The molecular formula is C24H19ClN2O3S. The van der Waals surface area contributed by atoms with Gasteiger partial charge in [-0.1, -0.05) is 41.9 Å². The number of nitrogens with zero attached hydrogens (tertiary/aromatic N) is 1. The molecule has 1 aliphatic heterocycles. The van der Waals surface area contributed by atoms with Crippen molar-refractivity contribution in [2.45, 2.75) is 6.61 Å². The molecule has 0 atom stereocenters. The van der Waals surface area contributed by atoms with Crippen molar-refractivity contribution in [3.63, 3.8) is 0 Å². The summed E-state index contributed by atoms with van der Waals surface area (Å²) in [6, 6.07) is 22.5. The van der Waals surface area contributed by atoms with E-state index in [1.807, 2.05) is 78.9 Å². The molecule has 0 saturated carbocycles. The summed E-state index contributed by atoms with van der Waals surface area (Å²) in [4.78, 5) is 17.4. The Morgan fingerprint density at radius 1 is 1.00 bits per heavy atom. The Morgan fingerprint density at radius 2 is 1.71 bits per heavy atom. The lowest BCUT2D eigenvalue weighted by atomic mass is 10.2. The van der Waals surface area contributed by atoms with E-state index < -0.39 is 0 Å². The summed E-state index contributed by atoms with van der Waals surface area (Å²) in [5.74, 6) is 1.32. The van der Waals surface area contributed by atoms with E-state index in [0.717, 1.165) is 28.3 Å². The van der Waals surface area contributed by atoms with Gasteiger partial charge in [-0.15, -0.1) is 0 Å². The predicted octanol–water partition coefficient (Wildman–Crippen LogP) is 5.82. The molecule has 1 aliphatic rings. The highest BCUT2D eigenvalue weighted by Gasteiger charge is 2.23. The molecule has 1 saturated heterocycles. The maximum Gasteiger partial charge on any atom is 0.264 e. The van der Waals surface area contributed by atoms with Gasteiger partial charge in [0.15, 0.2) is 5.17 Å². The van der Waals surface area contributed by atoms with Gasteiger partial charge in [-0.3, -0.25) is 4.79 Å². The Bertz CT molecular complexity index is 1140. The molecule has 3 aromatic rings. The number of benzene rings is 3. The molecular weight excluding hydrogens is 432 g/mol. The maximum atomic E-state index is 12.3. The molecule has 0 aliphatic carbocycles. The van der Waals surface area contributed by atoms with Crippen LogP contribution in [0.3, 0.4) is 0 Å². The molecule has 0 aromatic heterocycles. The standard InChI is InChI=1S/C24H19ClN2O3S/c1-29-19-12-8-18(9-13-19)26-24-27-23(28)22(31-24)14-16-6-10-20(11-7-16)30-15-17-4-2-3-5-21(17)25/h2-14H,15H2,1H3,(H,26,27,28). The highest BCUT2D eigenvalue weighted by Crippen LogP contribution is 2.29. The fourth-order valence-corrected chi connectivity index (χ4v) is 3.87. The van der Waals surface area contributed by atoms with Crippen molar-refractivity contribution in [3.05, 3.63) is 93.9 Å². The van der Waals surface area contributed by atoms with E-state index in [1.165, 1.54) is 11.8 Å². The fourth-order valence-electron chi connectivity index (χ4n) is 2.84. The second kappa shape index (κ2) is 9.73. The number of amidine groups is 1. The van der Waals surface area contributed by atoms with Crippen LogP contribution in [-0.4, -0.2) is 18.2 Å². The van der Waals surface area contributed by atoms with Crippen LogP contribution in [0, 0.1) is 0 Å². The average molecular weight is 451 g/mol. The van der Waals surface area contributed by atoms with Gasteiger partial charge in [0, 0.05) is 10.6 Å². The Morgan fingerprint density at radius 3 is 2.42 bits per heavy atom. The van der Waals surface area contributed by atoms with E-state index in [2.05, 4.69) is 10.3 Å². The molecule has 7 heteroatoms. The van der Waals surface area contributed by atoms with E-state index in [-0.39, 0.29) is 5.91 Å².